The molecule has 0 aromatic heterocycles. The van der Waals surface area contributed by atoms with Crippen LogP contribution in [0.4, 0.5) is 0 Å². The number of allylic oxidation sites excluding steroid dienone is 5. The van der Waals surface area contributed by atoms with Crippen molar-refractivity contribution in [2.24, 2.45) is 11.8 Å². The van der Waals surface area contributed by atoms with E-state index in [9.17, 15) is 4.79 Å². The molecule has 0 saturated carbocycles. The van der Waals surface area contributed by atoms with E-state index in [1.165, 1.54) is 23.1 Å². The fourth-order valence-electron chi connectivity index (χ4n) is 3.38. The number of hydrogen-bond acceptors (Lipinski definition) is 2. The first-order valence-corrected chi connectivity index (χ1v) is 7.69. The molecule has 1 amide bonds. The highest BCUT2D eigenvalue weighted by atomic mass is 16.2. The maximum Gasteiger partial charge on any atom is 0.223 e. The van der Waals surface area contributed by atoms with E-state index >= 15 is 0 Å². The Balaban J connectivity index is 1.74. The van der Waals surface area contributed by atoms with Crippen LogP contribution in [0.2, 0.25) is 0 Å². The Labute approximate surface area is 121 Å². The van der Waals surface area contributed by atoms with Crippen molar-refractivity contribution in [3.05, 3.63) is 34.9 Å². The highest BCUT2D eigenvalue weighted by Crippen LogP contribution is 2.31. The average molecular weight is 272 g/mol. The lowest BCUT2D eigenvalue weighted by Crippen LogP contribution is -2.35. The van der Waals surface area contributed by atoms with Crippen molar-refractivity contribution in [2.45, 2.75) is 26.7 Å². The van der Waals surface area contributed by atoms with Crippen molar-refractivity contribution in [1.82, 2.24) is 10.2 Å². The molecule has 108 valence electrons. The Morgan fingerprint density at radius 3 is 2.95 bits per heavy atom. The number of nitrogens with one attached hydrogen (secondary N) is 1. The van der Waals surface area contributed by atoms with Crippen molar-refractivity contribution < 1.29 is 4.79 Å². The predicted octanol–water partition coefficient (Wildman–Crippen LogP) is 2.28. The van der Waals surface area contributed by atoms with Gasteiger partial charge in [-0.3, -0.25) is 4.79 Å². The molecule has 0 bridgehead atoms. The van der Waals surface area contributed by atoms with Gasteiger partial charge in [0.25, 0.3) is 0 Å². The largest absolute Gasteiger partial charge is 0.339 e. The summed E-state index contributed by atoms with van der Waals surface area (Å²) >= 11 is 0. The Morgan fingerprint density at radius 1 is 1.35 bits per heavy atom. The summed E-state index contributed by atoms with van der Waals surface area (Å²) in [6.07, 6.45) is 8.60. The second kappa shape index (κ2) is 5.57. The van der Waals surface area contributed by atoms with Gasteiger partial charge in [0, 0.05) is 25.4 Å². The van der Waals surface area contributed by atoms with Gasteiger partial charge in [0.05, 0.1) is 0 Å². The molecule has 3 aliphatic rings. The molecule has 1 aliphatic carbocycles. The molecule has 20 heavy (non-hydrogen) atoms. The Kier molecular flexibility index (Phi) is 3.79. The third-order valence-electron chi connectivity index (χ3n) is 4.82. The maximum absolute atomic E-state index is 12.5. The molecule has 2 atom stereocenters. The monoisotopic (exact) mass is 272 g/mol. The van der Waals surface area contributed by atoms with Crippen LogP contribution in [0.3, 0.4) is 0 Å². The maximum atomic E-state index is 12.5. The highest BCUT2D eigenvalue weighted by molar-refractivity contribution is 5.78. The van der Waals surface area contributed by atoms with E-state index in [4.69, 9.17) is 0 Å². The fourth-order valence-corrected chi connectivity index (χ4v) is 3.38. The van der Waals surface area contributed by atoms with Crippen molar-refractivity contribution in [3.63, 3.8) is 0 Å². The average Bonchev–Trinajstić information content (AvgIpc) is 2.87. The molecule has 0 spiro atoms. The number of amides is 1. The second-order valence-corrected chi connectivity index (χ2v) is 6.35. The van der Waals surface area contributed by atoms with E-state index in [2.05, 4.69) is 42.3 Å². The molecule has 1 N–H and O–H groups in total. The predicted molar refractivity (Wildman–Crippen MR) is 81.3 cm³/mol. The van der Waals surface area contributed by atoms with Gasteiger partial charge in [-0.15, -0.1) is 0 Å². The van der Waals surface area contributed by atoms with Crippen LogP contribution in [0, 0.1) is 11.8 Å². The standard InChI is InChI=1S/C17H24N2O/c1-12-7-15-4-6-19(11-14-3-5-18-10-14)17(20)9-16(15)8-13(12)2/h4,7-8,14,16,18H,3,5-6,9-11H2,1-2H3. The van der Waals surface area contributed by atoms with Crippen LogP contribution in [0.1, 0.15) is 26.7 Å². The van der Waals surface area contributed by atoms with Gasteiger partial charge >= 0.3 is 0 Å². The molecule has 2 aliphatic heterocycles. The number of hydrogen-bond donors (Lipinski definition) is 1. The smallest absolute Gasteiger partial charge is 0.223 e. The number of carbonyl (C=O) groups is 1. The third kappa shape index (κ3) is 2.73. The van der Waals surface area contributed by atoms with E-state index in [-0.39, 0.29) is 5.92 Å². The molecule has 2 unspecified atom stereocenters. The lowest BCUT2D eigenvalue weighted by Gasteiger charge is -2.24. The Bertz CT molecular complexity index is 495. The zero-order chi connectivity index (χ0) is 14.1. The fraction of sp³-hybridized carbons (Fsp3) is 0.588. The summed E-state index contributed by atoms with van der Waals surface area (Å²) in [4.78, 5) is 14.5. The Hall–Kier alpha value is -1.35. The van der Waals surface area contributed by atoms with E-state index in [1.807, 2.05) is 0 Å². The third-order valence-corrected chi connectivity index (χ3v) is 4.82. The van der Waals surface area contributed by atoms with Gasteiger partial charge in [0.15, 0.2) is 0 Å². The first-order valence-electron chi connectivity index (χ1n) is 7.69. The SMILES string of the molecule is CC1=CC2=CCN(CC3CCNC3)C(=O)CC2C=C1C. The second-order valence-electron chi connectivity index (χ2n) is 6.35. The van der Waals surface area contributed by atoms with Gasteiger partial charge < -0.3 is 10.2 Å². The van der Waals surface area contributed by atoms with Crippen molar-refractivity contribution >= 4 is 5.91 Å². The molecule has 1 fully saturated rings. The quantitative estimate of drug-likeness (QED) is 0.836. The Morgan fingerprint density at radius 2 is 2.20 bits per heavy atom. The molecule has 3 heteroatoms. The zero-order valence-electron chi connectivity index (χ0n) is 12.5. The summed E-state index contributed by atoms with van der Waals surface area (Å²) in [5.74, 6) is 1.23. The van der Waals surface area contributed by atoms with Crippen LogP contribution in [0.5, 0.6) is 0 Å². The van der Waals surface area contributed by atoms with Gasteiger partial charge in [-0.1, -0.05) is 23.8 Å². The van der Waals surface area contributed by atoms with Gasteiger partial charge in [-0.25, -0.2) is 0 Å². The van der Waals surface area contributed by atoms with Crippen LogP contribution in [-0.4, -0.2) is 37.0 Å². The van der Waals surface area contributed by atoms with Gasteiger partial charge in [-0.05, 0) is 50.4 Å². The lowest BCUT2D eigenvalue weighted by molar-refractivity contribution is -0.131. The molecular formula is C17H24N2O. The normalized spacial score (nSPS) is 30.4. The minimum absolute atomic E-state index is 0.290. The number of rotatable bonds is 2. The number of fused-ring (bicyclic) bond motifs is 1. The summed E-state index contributed by atoms with van der Waals surface area (Å²) < 4.78 is 0. The summed E-state index contributed by atoms with van der Waals surface area (Å²) in [6, 6.07) is 0. The first-order chi connectivity index (χ1) is 9.63. The van der Waals surface area contributed by atoms with E-state index < -0.39 is 0 Å². The number of carbonyl (C=O) groups excluding carboxylic acids is 1. The molecule has 0 aromatic carbocycles. The molecule has 3 nitrogen and oxygen atoms in total. The van der Waals surface area contributed by atoms with Crippen LogP contribution in [0.15, 0.2) is 34.9 Å². The highest BCUT2D eigenvalue weighted by Gasteiger charge is 2.27. The van der Waals surface area contributed by atoms with E-state index in [0.717, 1.165) is 26.2 Å². The zero-order valence-corrected chi connectivity index (χ0v) is 12.5. The molecular weight excluding hydrogens is 248 g/mol. The molecule has 2 heterocycles. The van der Waals surface area contributed by atoms with Crippen molar-refractivity contribution in [2.75, 3.05) is 26.2 Å². The van der Waals surface area contributed by atoms with Gasteiger partial charge in [-0.2, -0.15) is 0 Å². The summed E-state index contributed by atoms with van der Waals surface area (Å²) in [6.45, 7) is 8.13. The van der Waals surface area contributed by atoms with Crippen LogP contribution in [0.25, 0.3) is 0 Å². The minimum Gasteiger partial charge on any atom is -0.339 e. The first kappa shape index (κ1) is 13.6. The summed E-state index contributed by atoms with van der Waals surface area (Å²) in [5, 5.41) is 3.38. The van der Waals surface area contributed by atoms with E-state index in [0.29, 0.717) is 18.2 Å². The lowest BCUT2D eigenvalue weighted by atomic mass is 9.86. The topological polar surface area (TPSA) is 32.3 Å². The van der Waals surface area contributed by atoms with E-state index in [1.54, 1.807) is 0 Å². The summed E-state index contributed by atoms with van der Waals surface area (Å²) in [5.41, 5.74) is 3.97. The van der Waals surface area contributed by atoms with Crippen LogP contribution in [-0.2, 0) is 4.79 Å². The summed E-state index contributed by atoms with van der Waals surface area (Å²) in [7, 11) is 0. The minimum atomic E-state index is 0.290. The molecule has 1 saturated heterocycles. The number of nitrogens with zero attached hydrogens (tertiary/aromatic N) is 1. The molecule has 0 radical (unpaired) electrons. The molecule has 0 aromatic rings. The van der Waals surface area contributed by atoms with Crippen molar-refractivity contribution in [3.8, 4) is 0 Å². The van der Waals surface area contributed by atoms with Crippen LogP contribution >= 0.6 is 0 Å². The van der Waals surface area contributed by atoms with Crippen LogP contribution < -0.4 is 5.32 Å². The molecule has 3 rings (SSSR count). The van der Waals surface area contributed by atoms with Gasteiger partial charge in [0.2, 0.25) is 5.91 Å². The van der Waals surface area contributed by atoms with Crippen molar-refractivity contribution in [1.29, 1.82) is 0 Å². The van der Waals surface area contributed by atoms with Gasteiger partial charge in [0.1, 0.15) is 0 Å².